The van der Waals surface area contributed by atoms with Crippen molar-refractivity contribution in [2.45, 2.75) is 19.9 Å². The maximum Gasteiger partial charge on any atom is 0.132 e. The molecule has 1 fully saturated rings. The number of aryl methyl sites for hydroxylation is 1. The first-order valence-corrected chi connectivity index (χ1v) is 6.38. The molecule has 0 amide bonds. The molecule has 0 unspecified atom stereocenters. The second kappa shape index (κ2) is 5.34. The number of benzene rings is 1. The van der Waals surface area contributed by atoms with Crippen LogP contribution in [0.1, 0.15) is 24.1 Å². The van der Waals surface area contributed by atoms with Gasteiger partial charge in [-0.3, -0.25) is 4.90 Å². The molecule has 1 aromatic carbocycles. The monoisotopic (exact) mass is 256 g/mol. The Morgan fingerprint density at radius 2 is 2.00 bits per heavy atom. The molecule has 0 spiro atoms. The fourth-order valence-corrected chi connectivity index (χ4v) is 2.62. The van der Waals surface area contributed by atoms with Gasteiger partial charge in [-0.2, -0.15) is 0 Å². The lowest BCUT2D eigenvalue weighted by Gasteiger charge is -2.33. The third-order valence-electron chi connectivity index (χ3n) is 3.44. The molecule has 1 aromatic rings. The first kappa shape index (κ1) is 12.8. The Kier molecular flexibility index (Phi) is 4.02. The van der Waals surface area contributed by atoms with E-state index in [1.54, 1.807) is 19.1 Å². The van der Waals surface area contributed by atoms with E-state index in [2.05, 4.69) is 10.2 Å². The topological polar surface area (TPSA) is 15.3 Å². The van der Waals surface area contributed by atoms with Crippen molar-refractivity contribution in [3.63, 3.8) is 0 Å². The summed E-state index contributed by atoms with van der Waals surface area (Å²) >= 11 is 6.13. The van der Waals surface area contributed by atoms with E-state index in [0.717, 1.165) is 26.2 Å². The van der Waals surface area contributed by atoms with Gasteiger partial charge in [0.05, 0.1) is 0 Å². The summed E-state index contributed by atoms with van der Waals surface area (Å²) in [6, 6.07) is 3.55. The van der Waals surface area contributed by atoms with E-state index >= 15 is 0 Å². The normalized spacial score (nSPS) is 19.3. The highest BCUT2D eigenvalue weighted by Crippen LogP contribution is 2.31. The van der Waals surface area contributed by atoms with Crippen LogP contribution in [-0.4, -0.2) is 31.1 Å². The van der Waals surface area contributed by atoms with E-state index in [9.17, 15) is 4.39 Å². The van der Waals surface area contributed by atoms with Crippen LogP contribution in [0.5, 0.6) is 0 Å². The van der Waals surface area contributed by atoms with Crippen LogP contribution in [0.3, 0.4) is 0 Å². The summed E-state index contributed by atoms with van der Waals surface area (Å²) in [5, 5.41) is 3.82. The molecule has 0 aromatic heterocycles. The van der Waals surface area contributed by atoms with Crippen molar-refractivity contribution in [1.82, 2.24) is 10.2 Å². The number of nitrogens with zero attached hydrogens (tertiary/aromatic N) is 1. The molecule has 0 aliphatic carbocycles. The number of hydrogen-bond donors (Lipinski definition) is 1. The predicted molar refractivity (Wildman–Crippen MR) is 69.0 cm³/mol. The van der Waals surface area contributed by atoms with Crippen LogP contribution in [0, 0.1) is 12.7 Å². The van der Waals surface area contributed by atoms with Crippen LogP contribution in [0.2, 0.25) is 5.02 Å². The Hall–Kier alpha value is -0.640. The van der Waals surface area contributed by atoms with Crippen LogP contribution in [-0.2, 0) is 0 Å². The van der Waals surface area contributed by atoms with Gasteiger partial charge in [0.25, 0.3) is 0 Å². The van der Waals surface area contributed by atoms with Crippen LogP contribution in [0.25, 0.3) is 0 Å². The number of rotatable bonds is 2. The van der Waals surface area contributed by atoms with Gasteiger partial charge < -0.3 is 5.32 Å². The molecule has 0 radical (unpaired) electrons. The van der Waals surface area contributed by atoms with Gasteiger partial charge in [0.15, 0.2) is 0 Å². The van der Waals surface area contributed by atoms with E-state index in [4.69, 9.17) is 11.6 Å². The third-order valence-corrected chi connectivity index (χ3v) is 3.77. The van der Waals surface area contributed by atoms with Gasteiger partial charge in [-0.15, -0.1) is 0 Å². The quantitative estimate of drug-likeness (QED) is 0.875. The van der Waals surface area contributed by atoms with Crippen molar-refractivity contribution in [2.75, 3.05) is 26.2 Å². The van der Waals surface area contributed by atoms with Crippen LogP contribution < -0.4 is 5.32 Å². The van der Waals surface area contributed by atoms with Gasteiger partial charge in [0, 0.05) is 42.8 Å². The first-order valence-electron chi connectivity index (χ1n) is 6.00. The lowest BCUT2D eigenvalue weighted by atomic mass is 10.0. The highest BCUT2D eigenvalue weighted by atomic mass is 35.5. The van der Waals surface area contributed by atoms with E-state index in [1.807, 2.05) is 6.92 Å². The van der Waals surface area contributed by atoms with Crippen molar-refractivity contribution in [2.24, 2.45) is 0 Å². The lowest BCUT2D eigenvalue weighted by molar-refractivity contribution is 0.182. The molecule has 1 atom stereocenters. The van der Waals surface area contributed by atoms with E-state index < -0.39 is 0 Å². The second-order valence-corrected chi connectivity index (χ2v) is 4.96. The number of nitrogens with one attached hydrogen (secondary N) is 1. The molecule has 4 heteroatoms. The summed E-state index contributed by atoms with van der Waals surface area (Å²) < 4.78 is 14.1. The average molecular weight is 257 g/mol. The summed E-state index contributed by atoms with van der Waals surface area (Å²) in [5.74, 6) is -0.163. The fraction of sp³-hybridized carbons (Fsp3) is 0.538. The summed E-state index contributed by atoms with van der Waals surface area (Å²) in [6.45, 7) is 7.58. The molecular formula is C13H18ClFN2. The lowest BCUT2D eigenvalue weighted by Crippen LogP contribution is -2.44. The second-order valence-electron chi connectivity index (χ2n) is 4.55. The third kappa shape index (κ3) is 2.62. The van der Waals surface area contributed by atoms with Crippen LogP contribution in [0.4, 0.5) is 4.39 Å². The van der Waals surface area contributed by atoms with Gasteiger partial charge in [-0.25, -0.2) is 4.39 Å². The minimum Gasteiger partial charge on any atom is -0.314 e. The summed E-state index contributed by atoms with van der Waals surface area (Å²) in [4.78, 5) is 2.26. The SMILES string of the molecule is Cc1ccc(Cl)c([C@H](C)N2CCNCC2)c1F. The minimum atomic E-state index is -0.163. The minimum absolute atomic E-state index is 0.0319. The fourth-order valence-electron chi connectivity index (χ4n) is 2.31. The Morgan fingerprint density at radius 3 is 2.65 bits per heavy atom. The van der Waals surface area contributed by atoms with Gasteiger partial charge in [-0.05, 0) is 25.5 Å². The van der Waals surface area contributed by atoms with Crippen molar-refractivity contribution in [1.29, 1.82) is 0 Å². The standard InChI is InChI=1S/C13H18ClFN2/c1-9-3-4-11(14)12(13(9)15)10(2)17-7-5-16-6-8-17/h3-4,10,16H,5-8H2,1-2H3/t10-/m0/s1. The van der Waals surface area contributed by atoms with Crippen molar-refractivity contribution < 1.29 is 4.39 Å². The van der Waals surface area contributed by atoms with Gasteiger partial charge in [0.2, 0.25) is 0 Å². The molecule has 1 aliphatic heterocycles. The van der Waals surface area contributed by atoms with Gasteiger partial charge in [-0.1, -0.05) is 17.7 Å². The molecule has 1 aliphatic rings. The van der Waals surface area contributed by atoms with Crippen molar-refractivity contribution in [3.05, 3.63) is 34.1 Å². The van der Waals surface area contributed by atoms with Gasteiger partial charge in [0.1, 0.15) is 5.82 Å². The summed E-state index contributed by atoms with van der Waals surface area (Å²) in [7, 11) is 0. The Morgan fingerprint density at radius 1 is 1.35 bits per heavy atom. The zero-order chi connectivity index (χ0) is 12.4. The molecule has 2 rings (SSSR count). The smallest absolute Gasteiger partial charge is 0.132 e. The molecule has 17 heavy (non-hydrogen) atoms. The summed E-state index contributed by atoms with van der Waals surface area (Å²) in [5.41, 5.74) is 1.29. The number of halogens is 2. The molecular weight excluding hydrogens is 239 g/mol. The first-order chi connectivity index (χ1) is 8.11. The highest BCUT2D eigenvalue weighted by Gasteiger charge is 2.23. The average Bonchev–Trinajstić information content (AvgIpc) is 2.35. The molecule has 0 bridgehead atoms. The van der Waals surface area contributed by atoms with E-state index in [0.29, 0.717) is 16.1 Å². The zero-order valence-corrected chi connectivity index (χ0v) is 11.0. The molecule has 1 saturated heterocycles. The van der Waals surface area contributed by atoms with Crippen LogP contribution >= 0.6 is 11.6 Å². The molecule has 94 valence electrons. The van der Waals surface area contributed by atoms with E-state index in [-0.39, 0.29) is 11.9 Å². The Labute approximate surface area is 107 Å². The molecule has 0 saturated carbocycles. The molecule has 1 N–H and O–H groups in total. The summed E-state index contributed by atoms with van der Waals surface area (Å²) in [6.07, 6.45) is 0. The molecule has 1 heterocycles. The maximum atomic E-state index is 14.1. The highest BCUT2D eigenvalue weighted by molar-refractivity contribution is 6.31. The number of piperazine rings is 1. The largest absolute Gasteiger partial charge is 0.314 e. The zero-order valence-electron chi connectivity index (χ0n) is 10.3. The number of hydrogen-bond acceptors (Lipinski definition) is 2. The van der Waals surface area contributed by atoms with Crippen molar-refractivity contribution >= 4 is 11.6 Å². The van der Waals surface area contributed by atoms with Gasteiger partial charge >= 0.3 is 0 Å². The Balaban J connectivity index is 2.29. The molecule has 2 nitrogen and oxygen atoms in total. The van der Waals surface area contributed by atoms with Crippen LogP contribution in [0.15, 0.2) is 12.1 Å². The van der Waals surface area contributed by atoms with Crippen molar-refractivity contribution in [3.8, 4) is 0 Å². The maximum absolute atomic E-state index is 14.1. The predicted octanol–water partition coefficient (Wildman–Crippen LogP) is 2.75. The van der Waals surface area contributed by atoms with E-state index in [1.165, 1.54) is 0 Å². The Bertz CT molecular complexity index is 403.